The summed E-state index contributed by atoms with van der Waals surface area (Å²) < 4.78 is 5.71. The normalized spacial score (nSPS) is 10.2. The molecule has 0 saturated carbocycles. The minimum Gasteiger partial charge on any atom is -0.483 e. The van der Waals surface area contributed by atoms with E-state index in [0.29, 0.717) is 23.0 Å². The molecule has 0 unspecified atom stereocenters. The summed E-state index contributed by atoms with van der Waals surface area (Å²) in [6.07, 6.45) is 0. The predicted octanol–water partition coefficient (Wildman–Crippen LogP) is 4.97. The monoisotopic (exact) mass is 366 g/mol. The van der Waals surface area contributed by atoms with Crippen molar-refractivity contribution in [3.05, 3.63) is 89.4 Å². The predicted molar refractivity (Wildman–Crippen MR) is 106 cm³/mol. The maximum atomic E-state index is 12.1. The van der Waals surface area contributed by atoms with Gasteiger partial charge in [-0.1, -0.05) is 48.0 Å². The van der Waals surface area contributed by atoms with Crippen LogP contribution in [-0.4, -0.2) is 12.5 Å². The first-order valence-electron chi connectivity index (χ1n) is 8.26. The van der Waals surface area contributed by atoms with Crippen molar-refractivity contribution in [2.45, 2.75) is 6.54 Å². The Morgan fingerprint density at radius 3 is 2.31 bits per heavy atom. The third-order valence-electron chi connectivity index (χ3n) is 3.72. The first kappa shape index (κ1) is 17.8. The second kappa shape index (κ2) is 8.92. The van der Waals surface area contributed by atoms with Gasteiger partial charge in [-0.05, 0) is 42.5 Å². The molecule has 0 aliphatic carbocycles. The van der Waals surface area contributed by atoms with E-state index in [9.17, 15) is 4.79 Å². The van der Waals surface area contributed by atoms with E-state index in [4.69, 9.17) is 16.3 Å². The molecular formula is C21H19ClN2O2. The zero-order chi connectivity index (χ0) is 18.2. The van der Waals surface area contributed by atoms with Gasteiger partial charge in [-0.25, -0.2) is 0 Å². The van der Waals surface area contributed by atoms with E-state index >= 15 is 0 Å². The summed E-state index contributed by atoms with van der Waals surface area (Å²) in [6, 6.07) is 24.5. The number of hydrogen-bond acceptors (Lipinski definition) is 3. The van der Waals surface area contributed by atoms with Crippen LogP contribution in [0.3, 0.4) is 0 Å². The van der Waals surface area contributed by atoms with E-state index in [1.165, 1.54) is 0 Å². The molecule has 0 saturated heterocycles. The van der Waals surface area contributed by atoms with E-state index in [2.05, 4.69) is 10.6 Å². The Bertz CT molecular complexity index is 851. The lowest BCUT2D eigenvalue weighted by molar-refractivity contribution is -0.118. The lowest BCUT2D eigenvalue weighted by atomic mass is 10.2. The molecule has 132 valence electrons. The zero-order valence-corrected chi connectivity index (χ0v) is 14.9. The second-order valence-electron chi connectivity index (χ2n) is 5.67. The first-order valence-corrected chi connectivity index (χ1v) is 8.63. The summed E-state index contributed by atoms with van der Waals surface area (Å²) in [6.45, 7) is 0.546. The number of anilines is 2. The highest BCUT2D eigenvalue weighted by Gasteiger charge is 2.07. The van der Waals surface area contributed by atoms with E-state index < -0.39 is 0 Å². The number of carbonyl (C=O) groups excluding carboxylic acids is 1. The number of hydrogen-bond donors (Lipinski definition) is 2. The smallest absolute Gasteiger partial charge is 0.262 e. The molecule has 0 atom stereocenters. The molecular weight excluding hydrogens is 348 g/mol. The van der Waals surface area contributed by atoms with Crippen molar-refractivity contribution in [2.24, 2.45) is 0 Å². The largest absolute Gasteiger partial charge is 0.483 e. The van der Waals surface area contributed by atoms with E-state index in [1.54, 1.807) is 24.3 Å². The summed E-state index contributed by atoms with van der Waals surface area (Å²) in [7, 11) is 0. The van der Waals surface area contributed by atoms with Crippen molar-refractivity contribution in [1.29, 1.82) is 0 Å². The number of benzene rings is 3. The molecule has 0 fully saturated rings. The third-order valence-corrected chi connectivity index (χ3v) is 3.97. The zero-order valence-electron chi connectivity index (χ0n) is 14.1. The number of carbonyl (C=O) groups is 1. The molecule has 3 aromatic carbocycles. The van der Waals surface area contributed by atoms with Crippen molar-refractivity contribution >= 4 is 28.9 Å². The number of rotatable bonds is 7. The van der Waals surface area contributed by atoms with Crippen LogP contribution in [0.1, 0.15) is 5.56 Å². The maximum absolute atomic E-state index is 12.1. The van der Waals surface area contributed by atoms with Gasteiger partial charge in [-0.15, -0.1) is 0 Å². The van der Waals surface area contributed by atoms with Crippen LogP contribution in [0.2, 0.25) is 5.02 Å². The van der Waals surface area contributed by atoms with Crippen LogP contribution in [0.25, 0.3) is 0 Å². The summed E-state index contributed by atoms with van der Waals surface area (Å²) in [5, 5.41) is 6.74. The molecule has 0 radical (unpaired) electrons. The van der Waals surface area contributed by atoms with Gasteiger partial charge in [0.15, 0.2) is 6.61 Å². The van der Waals surface area contributed by atoms with Gasteiger partial charge in [0.1, 0.15) is 5.75 Å². The number of halogens is 1. The Balaban J connectivity index is 1.56. The molecule has 4 nitrogen and oxygen atoms in total. The first-order chi connectivity index (χ1) is 12.7. The lowest BCUT2D eigenvalue weighted by Crippen LogP contribution is -2.20. The highest BCUT2D eigenvalue weighted by atomic mass is 35.5. The lowest BCUT2D eigenvalue weighted by Gasteiger charge is -2.13. The van der Waals surface area contributed by atoms with Gasteiger partial charge in [0.2, 0.25) is 0 Å². The summed E-state index contributed by atoms with van der Waals surface area (Å²) in [5.41, 5.74) is 2.69. The SMILES string of the molecule is O=C(COc1ccccc1CNc1ccccc1)Nc1ccc(Cl)cc1. The Morgan fingerprint density at radius 1 is 0.846 bits per heavy atom. The van der Waals surface area contributed by atoms with Crippen molar-refractivity contribution < 1.29 is 9.53 Å². The topological polar surface area (TPSA) is 50.4 Å². The molecule has 2 N–H and O–H groups in total. The van der Waals surface area contributed by atoms with Crippen molar-refractivity contribution in [3.8, 4) is 5.75 Å². The van der Waals surface area contributed by atoms with Crippen LogP contribution < -0.4 is 15.4 Å². The summed E-state index contributed by atoms with van der Waals surface area (Å²) in [4.78, 5) is 12.1. The van der Waals surface area contributed by atoms with Crippen LogP contribution >= 0.6 is 11.6 Å². The molecule has 0 bridgehead atoms. The Morgan fingerprint density at radius 2 is 1.54 bits per heavy atom. The molecule has 3 rings (SSSR count). The van der Waals surface area contributed by atoms with E-state index in [-0.39, 0.29) is 12.5 Å². The number of nitrogens with one attached hydrogen (secondary N) is 2. The van der Waals surface area contributed by atoms with Crippen LogP contribution in [0.5, 0.6) is 5.75 Å². The highest BCUT2D eigenvalue weighted by Crippen LogP contribution is 2.20. The standard InChI is InChI=1S/C21H19ClN2O2/c22-17-10-12-19(13-11-17)24-21(25)15-26-20-9-5-4-6-16(20)14-23-18-7-2-1-3-8-18/h1-13,23H,14-15H2,(H,24,25). The van der Waals surface area contributed by atoms with E-state index in [1.807, 2.05) is 54.6 Å². The molecule has 26 heavy (non-hydrogen) atoms. The third kappa shape index (κ3) is 5.26. The summed E-state index contributed by atoms with van der Waals surface area (Å²) in [5.74, 6) is 0.459. The second-order valence-corrected chi connectivity index (χ2v) is 6.11. The molecule has 1 amide bonds. The fourth-order valence-electron chi connectivity index (χ4n) is 2.42. The molecule has 0 heterocycles. The van der Waals surface area contributed by atoms with Gasteiger partial charge in [0.05, 0.1) is 0 Å². The fraction of sp³-hybridized carbons (Fsp3) is 0.0952. The van der Waals surface area contributed by atoms with Crippen LogP contribution in [-0.2, 0) is 11.3 Å². The van der Waals surface area contributed by atoms with E-state index in [0.717, 1.165) is 11.3 Å². The average molecular weight is 367 g/mol. The van der Waals surface area contributed by atoms with Crippen LogP contribution in [0.15, 0.2) is 78.9 Å². The Kier molecular flexibility index (Phi) is 6.12. The minimum atomic E-state index is -0.224. The minimum absolute atomic E-state index is 0.0645. The highest BCUT2D eigenvalue weighted by molar-refractivity contribution is 6.30. The van der Waals surface area contributed by atoms with Crippen LogP contribution in [0.4, 0.5) is 11.4 Å². The van der Waals surface area contributed by atoms with Crippen molar-refractivity contribution in [1.82, 2.24) is 0 Å². The van der Waals surface area contributed by atoms with Crippen molar-refractivity contribution in [2.75, 3.05) is 17.2 Å². The molecule has 0 aliphatic heterocycles. The average Bonchev–Trinajstić information content (AvgIpc) is 2.68. The van der Waals surface area contributed by atoms with Gasteiger partial charge in [0, 0.05) is 28.5 Å². The number of ether oxygens (including phenoxy) is 1. The van der Waals surface area contributed by atoms with Gasteiger partial charge < -0.3 is 15.4 Å². The van der Waals surface area contributed by atoms with Gasteiger partial charge in [0.25, 0.3) is 5.91 Å². The fourth-order valence-corrected chi connectivity index (χ4v) is 2.54. The van der Waals surface area contributed by atoms with Gasteiger partial charge in [-0.3, -0.25) is 4.79 Å². The quantitative estimate of drug-likeness (QED) is 0.620. The molecule has 0 aliphatic rings. The van der Waals surface area contributed by atoms with Gasteiger partial charge in [-0.2, -0.15) is 0 Å². The Labute approximate surface area is 157 Å². The Hall–Kier alpha value is -2.98. The summed E-state index contributed by atoms with van der Waals surface area (Å²) >= 11 is 5.84. The molecule has 0 aromatic heterocycles. The molecule has 0 spiro atoms. The number of amides is 1. The van der Waals surface area contributed by atoms with Crippen LogP contribution in [0, 0.1) is 0 Å². The number of para-hydroxylation sites is 2. The molecule has 3 aromatic rings. The maximum Gasteiger partial charge on any atom is 0.262 e. The van der Waals surface area contributed by atoms with Gasteiger partial charge >= 0.3 is 0 Å². The van der Waals surface area contributed by atoms with Crippen molar-refractivity contribution in [3.63, 3.8) is 0 Å². The molecule has 5 heteroatoms.